The van der Waals surface area contributed by atoms with E-state index in [0.29, 0.717) is 0 Å². The van der Waals surface area contributed by atoms with Gasteiger partial charge in [0.2, 0.25) is 0 Å². The molecule has 19 heavy (non-hydrogen) atoms. The molecular weight excluding hydrogens is 282 g/mol. The van der Waals surface area contributed by atoms with Crippen molar-refractivity contribution >= 4 is 23.3 Å². The lowest BCUT2D eigenvalue weighted by atomic mass is 10.1. The monoisotopic (exact) mass is 299 g/mol. The number of nitrogens with one attached hydrogen (secondary N) is 1. The highest BCUT2D eigenvalue weighted by Crippen LogP contribution is 2.26. The molecule has 1 unspecified atom stereocenters. The summed E-state index contributed by atoms with van der Waals surface area (Å²) in [6.07, 6.45) is 3.41. The highest BCUT2D eigenvalue weighted by Gasteiger charge is 2.20. The molecule has 5 nitrogen and oxygen atoms in total. The molecular formula is C12H18ClN5S. The molecule has 2 aromatic rings. The van der Waals surface area contributed by atoms with Crippen LogP contribution in [0.15, 0.2) is 6.20 Å². The third kappa shape index (κ3) is 2.96. The van der Waals surface area contributed by atoms with Crippen molar-refractivity contribution in [1.29, 1.82) is 0 Å². The van der Waals surface area contributed by atoms with Gasteiger partial charge in [-0.05, 0) is 20.4 Å². The standard InChI is InChI=1S/C12H18ClN5S/c1-4-8-12(13)11(18(5-2)16-8)6-9(14-3)10-7-15-19-17-10/h7,9,14H,4-6H2,1-3H3. The smallest absolute Gasteiger partial charge is 0.0916 e. The van der Waals surface area contributed by atoms with Crippen LogP contribution in [0.25, 0.3) is 0 Å². The molecule has 0 radical (unpaired) electrons. The van der Waals surface area contributed by atoms with Gasteiger partial charge in [-0.15, -0.1) is 0 Å². The summed E-state index contributed by atoms with van der Waals surface area (Å²) < 4.78 is 10.3. The van der Waals surface area contributed by atoms with Gasteiger partial charge >= 0.3 is 0 Å². The van der Waals surface area contributed by atoms with Gasteiger partial charge in [0.25, 0.3) is 0 Å². The molecule has 2 heterocycles. The largest absolute Gasteiger partial charge is 0.311 e. The molecule has 2 aromatic heterocycles. The SMILES string of the molecule is CCc1nn(CC)c(CC(NC)c2cnsn2)c1Cl. The van der Waals surface area contributed by atoms with Gasteiger partial charge in [0.05, 0.1) is 46.1 Å². The number of aryl methyl sites for hydroxylation is 2. The summed E-state index contributed by atoms with van der Waals surface area (Å²) in [6, 6.07) is 0.114. The van der Waals surface area contributed by atoms with Crippen molar-refractivity contribution in [1.82, 2.24) is 23.8 Å². The van der Waals surface area contributed by atoms with E-state index in [1.165, 1.54) is 11.7 Å². The van der Waals surface area contributed by atoms with Crippen LogP contribution in [0.2, 0.25) is 5.02 Å². The van der Waals surface area contributed by atoms with Crippen molar-refractivity contribution in [3.05, 3.63) is 28.3 Å². The number of likely N-dealkylation sites (N-methyl/N-ethyl adjacent to an activating group) is 1. The Hall–Kier alpha value is -0.980. The molecule has 0 spiro atoms. The number of aromatic nitrogens is 4. The Morgan fingerprint density at radius 3 is 2.79 bits per heavy atom. The Balaban J connectivity index is 2.29. The van der Waals surface area contributed by atoms with Crippen LogP contribution in [0.4, 0.5) is 0 Å². The third-order valence-corrected chi connectivity index (χ3v) is 4.10. The second-order valence-corrected chi connectivity index (χ2v) is 5.19. The van der Waals surface area contributed by atoms with Gasteiger partial charge in [-0.1, -0.05) is 18.5 Å². The molecule has 0 amide bonds. The first kappa shape index (κ1) is 14.4. The Labute approximate surface area is 122 Å². The minimum absolute atomic E-state index is 0.114. The van der Waals surface area contributed by atoms with E-state index >= 15 is 0 Å². The lowest BCUT2D eigenvalue weighted by Gasteiger charge is -2.14. The van der Waals surface area contributed by atoms with Gasteiger partial charge in [0.15, 0.2) is 0 Å². The molecule has 0 saturated heterocycles. The maximum Gasteiger partial charge on any atom is 0.0916 e. The van der Waals surface area contributed by atoms with Crippen LogP contribution in [0, 0.1) is 0 Å². The quantitative estimate of drug-likeness (QED) is 0.890. The molecule has 0 aromatic carbocycles. The number of hydrogen-bond donors (Lipinski definition) is 1. The topological polar surface area (TPSA) is 55.6 Å². The molecule has 0 aliphatic carbocycles. The molecule has 0 saturated carbocycles. The summed E-state index contributed by atoms with van der Waals surface area (Å²) in [5, 5.41) is 8.59. The van der Waals surface area contributed by atoms with Gasteiger partial charge < -0.3 is 5.32 Å². The van der Waals surface area contributed by atoms with Crippen molar-refractivity contribution < 1.29 is 0 Å². The van der Waals surface area contributed by atoms with E-state index in [2.05, 4.69) is 33.0 Å². The van der Waals surface area contributed by atoms with Crippen molar-refractivity contribution in [2.24, 2.45) is 0 Å². The Morgan fingerprint density at radius 1 is 1.47 bits per heavy atom. The fraction of sp³-hybridized carbons (Fsp3) is 0.583. The van der Waals surface area contributed by atoms with E-state index in [1.807, 2.05) is 11.7 Å². The van der Waals surface area contributed by atoms with Crippen LogP contribution in [0.3, 0.4) is 0 Å². The summed E-state index contributed by atoms with van der Waals surface area (Å²) >= 11 is 7.65. The lowest BCUT2D eigenvalue weighted by Crippen LogP contribution is -2.21. The first-order valence-electron chi connectivity index (χ1n) is 6.39. The minimum Gasteiger partial charge on any atom is -0.311 e. The highest BCUT2D eigenvalue weighted by atomic mass is 35.5. The van der Waals surface area contributed by atoms with Crippen molar-refractivity contribution in [3.8, 4) is 0 Å². The van der Waals surface area contributed by atoms with Crippen LogP contribution < -0.4 is 5.32 Å². The maximum atomic E-state index is 6.43. The summed E-state index contributed by atoms with van der Waals surface area (Å²) in [5.74, 6) is 0. The van der Waals surface area contributed by atoms with Crippen molar-refractivity contribution in [2.75, 3.05) is 7.05 Å². The summed E-state index contributed by atoms with van der Waals surface area (Å²) in [5.41, 5.74) is 2.98. The minimum atomic E-state index is 0.114. The summed E-state index contributed by atoms with van der Waals surface area (Å²) in [4.78, 5) is 0. The molecule has 2 rings (SSSR count). The van der Waals surface area contributed by atoms with E-state index in [1.54, 1.807) is 6.20 Å². The molecule has 0 bridgehead atoms. The summed E-state index contributed by atoms with van der Waals surface area (Å²) in [6.45, 7) is 4.96. The fourth-order valence-corrected chi connectivity index (χ4v) is 2.90. The second-order valence-electron chi connectivity index (χ2n) is 4.25. The van der Waals surface area contributed by atoms with Crippen LogP contribution in [0.5, 0.6) is 0 Å². The molecule has 0 aliphatic heterocycles. The van der Waals surface area contributed by atoms with Crippen LogP contribution >= 0.6 is 23.3 Å². The fourth-order valence-electron chi connectivity index (χ4n) is 2.09. The number of halogens is 1. The van der Waals surface area contributed by atoms with Gasteiger partial charge in [-0.2, -0.15) is 13.8 Å². The maximum absolute atomic E-state index is 6.43. The van der Waals surface area contributed by atoms with Crippen molar-refractivity contribution in [2.45, 2.75) is 39.3 Å². The van der Waals surface area contributed by atoms with Crippen molar-refractivity contribution in [3.63, 3.8) is 0 Å². The normalized spacial score (nSPS) is 12.8. The van der Waals surface area contributed by atoms with Crippen LogP contribution in [-0.4, -0.2) is 25.6 Å². The molecule has 1 atom stereocenters. The van der Waals surface area contributed by atoms with E-state index < -0.39 is 0 Å². The first-order chi connectivity index (χ1) is 9.21. The third-order valence-electron chi connectivity index (χ3n) is 3.18. The van der Waals surface area contributed by atoms with Gasteiger partial charge in [-0.25, -0.2) is 0 Å². The number of hydrogen-bond acceptors (Lipinski definition) is 5. The average molecular weight is 300 g/mol. The zero-order valence-corrected chi connectivity index (χ0v) is 12.9. The van der Waals surface area contributed by atoms with E-state index in [9.17, 15) is 0 Å². The molecule has 7 heteroatoms. The molecule has 104 valence electrons. The molecule has 1 N–H and O–H groups in total. The second kappa shape index (κ2) is 6.45. The Kier molecular flexibility index (Phi) is 4.90. The van der Waals surface area contributed by atoms with Gasteiger partial charge in [-0.3, -0.25) is 4.68 Å². The molecule has 0 aliphatic rings. The van der Waals surface area contributed by atoms with Gasteiger partial charge in [0, 0.05) is 13.0 Å². The molecule has 0 fully saturated rings. The zero-order chi connectivity index (χ0) is 13.8. The average Bonchev–Trinajstić information content (AvgIpc) is 3.04. The number of nitrogens with zero attached hydrogens (tertiary/aromatic N) is 4. The Morgan fingerprint density at radius 2 is 2.26 bits per heavy atom. The predicted molar refractivity (Wildman–Crippen MR) is 77.7 cm³/mol. The van der Waals surface area contributed by atoms with Gasteiger partial charge in [0.1, 0.15) is 0 Å². The zero-order valence-electron chi connectivity index (χ0n) is 11.4. The van der Waals surface area contributed by atoms with E-state index in [4.69, 9.17) is 11.6 Å². The first-order valence-corrected chi connectivity index (χ1v) is 7.50. The van der Waals surface area contributed by atoms with E-state index in [0.717, 1.165) is 41.5 Å². The highest BCUT2D eigenvalue weighted by molar-refractivity contribution is 6.99. The summed E-state index contributed by atoms with van der Waals surface area (Å²) in [7, 11) is 1.92. The lowest BCUT2D eigenvalue weighted by molar-refractivity contribution is 0.534. The van der Waals surface area contributed by atoms with E-state index in [-0.39, 0.29) is 6.04 Å². The number of rotatable bonds is 6. The Bertz CT molecular complexity index is 522. The van der Waals surface area contributed by atoms with Crippen LogP contribution in [0.1, 0.15) is 37.0 Å². The predicted octanol–water partition coefficient (Wildman–Crippen LogP) is 2.47. The van der Waals surface area contributed by atoms with Crippen LogP contribution in [-0.2, 0) is 19.4 Å².